The number of nitrogens with one attached hydrogen (secondary N) is 2. The number of pyridine rings is 1. The number of piperazine rings is 1. The number of Topliss-reactive ketones (excluding diaryl/α,β-unsaturated/α-hetero) is 1. The monoisotopic (exact) mass is 777 g/mol. The van der Waals surface area contributed by atoms with Gasteiger partial charge in [0.05, 0.1) is 24.2 Å². The van der Waals surface area contributed by atoms with E-state index in [0.717, 1.165) is 16.0 Å². The van der Waals surface area contributed by atoms with E-state index in [9.17, 15) is 28.4 Å². The van der Waals surface area contributed by atoms with Crippen molar-refractivity contribution in [1.82, 2.24) is 35.3 Å². The van der Waals surface area contributed by atoms with E-state index in [4.69, 9.17) is 9.15 Å². The maximum absolute atomic E-state index is 14.6. The molecule has 0 bridgehead atoms. The van der Waals surface area contributed by atoms with Gasteiger partial charge in [-0.05, 0) is 74.4 Å². The van der Waals surface area contributed by atoms with Crippen LogP contribution in [0.4, 0.5) is 9.18 Å². The molecule has 296 valence electrons. The molecule has 7 rings (SSSR count). The van der Waals surface area contributed by atoms with Gasteiger partial charge in [0.25, 0.3) is 17.7 Å². The van der Waals surface area contributed by atoms with E-state index in [-0.39, 0.29) is 36.4 Å². The molecule has 14 nitrogen and oxygen atoms in total. The van der Waals surface area contributed by atoms with Crippen LogP contribution in [0.1, 0.15) is 58.6 Å². The van der Waals surface area contributed by atoms with Gasteiger partial charge in [-0.25, -0.2) is 14.2 Å². The minimum Gasteiger partial charge on any atom is -0.444 e. The summed E-state index contributed by atoms with van der Waals surface area (Å²) < 4.78 is 25.6. The maximum atomic E-state index is 14.6. The van der Waals surface area contributed by atoms with Gasteiger partial charge >= 0.3 is 6.09 Å². The molecule has 2 aliphatic heterocycles. The first-order valence-electron chi connectivity index (χ1n) is 18.9. The van der Waals surface area contributed by atoms with Crippen molar-refractivity contribution in [2.75, 3.05) is 52.4 Å². The molecular formula is C42H44FN7O7. The van der Waals surface area contributed by atoms with Gasteiger partial charge in [0, 0.05) is 62.8 Å². The third-order valence-electron chi connectivity index (χ3n) is 9.98. The predicted octanol–water partition coefficient (Wildman–Crippen LogP) is 4.88. The number of alkyl halides is 1. The van der Waals surface area contributed by atoms with Crippen LogP contribution >= 0.6 is 0 Å². The second kappa shape index (κ2) is 16.5. The van der Waals surface area contributed by atoms with E-state index < -0.39 is 42.0 Å². The number of ketones is 1. The number of nitrogens with zero attached hydrogens (tertiary/aromatic N) is 5. The number of hydrogen-bond donors (Lipinski definition) is 2. The van der Waals surface area contributed by atoms with Gasteiger partial charge in [-0.2, -0.15) is 0 Å². The minimum absolute atomic E-state index is 0.196. The Balaban J connectivity index is 0.936. The molecule has 2 saturated heterocycles. The lowest BCUT2D eigenvalue weighted by molar-refractivity contribution is -0.130. The summed E-state index contributed by atoms with van der Waals surface area (Å²) in [7, 11) is 0. The molecule has 2 unspecified atom stereocenters. The zero-order valence-electron chi connectivity index (χ0n) is 32.0. The number of oxazole rings is 1. The Hall–Kier alpha value is -6.22. The van der Waals surface area contributed by atoms with Crippen LogP contribution in [-0.2, 0) is 9.53 Å². The van der Waals surface area contributed by atoms with Crippen molar-refractivity contribution < 1.29 is 37.5 Å². The number of carbonyl (C=O) groups excluding carboxylic acids is 5. The van der Waals surface area contributed by atoms with Crippen LogP contribution in [0, 0.1) is 0 Å². The van der Waals surface area contributed by atoms with Crippen LogP contribution in [0.25, 0.3) is 33.1 Å². The molecule has 15 heteroatoms. The second-order valence-corrected chi connectivity index (χ2v) is 15.2. The fourth-order valence-electron chi connectivity index (χ4n) is 7.03. The van der Waals surface area contributed by atoms with Gasteiger partial charge in [0.2, 0.25) is 11.7 Å². The Morgan fingerprint density at radius 3 is 2.35 bits per heavy atom. The van der Waals surface area contributed by atoms with Gasteiger partial charge in [0.1, 0.15) is 23.3 Å². The summed E-state index contributed by atoms with van der Waals surface area (Å²) in [6, 6.07) is 19.9. The molecule has 0 saturated carbocycles. The molecule has 3 aromatic carbocycles. The highest BCUT2D eigenvalue weighted by Crippen LogP contribution is 2.28. The standard InChI is InChI=1S/C42H44FN7O7/c1-42(2,3)57-41(55)49-20-18-48(19-21-49)17-16-45-38(53)27-10-8-26(9-11-27)28-12-13-32-31(22-28)30(14-15-44-32)39(54)46-24-36(51)50-25-29(43)23-34(50)37(52)40-47-33-6-4-5-7-35(33)56-40/h4-15,22,29,34H,16-21,23-25H2,1-3H3,(H,45,53)(H,46,54). The zero-order chi connectivity index (χ0) is 40.3. The quantitative estimate of drug-likeness (QED) is 0.187. The van der Waals surface area contributed by atoms with Crippen LogP contribution in [0.2, 0.25) is 0 Å². The molecule has 0 spiro atoms. The van der Waals surface area contributed by atoms with Gasteiger partial charge in [-0.1, -0.05) is 30.3 Å². The summed E-state index contributed by atoms with van der Waals surface area (Å²) in [6.45, 7) is 8.41. The average molecular weight is 778 g/mol. The highest BCUT2D eigenvalue weighted by molar-refractivity contribution is 6.08. The first-order valence-corrected chi connectivity index (χ1v) is 18.9. The molecule has 4 amide bonds. The van der Waals surface area contributed by atoms with E-state index in [2.05, 4.69) is 25.5 Å². The summed E-state index contributed by atoms with van der Waals surface area (Å²) in [5, 5.41) is 6.15. The second-order valence-electron chi connectivity index (χ2n) is 15.2. The molecule has 2 aromatic heterocycles. The number of ether oxygens (including phenoxy) is 1. The highest BCUT2D eigenvalue weighted by atomic mass is 19.1. The number of likely N-dealkylation sites (tertiary alicyclic amines) is 1. The van der Waals surface area contributed by atoms with Crippen LogP contribution in [0.5, 0.6) is 0 Å². The smallest absolute Gasteiger partial charge is 0.410 e. The minimum atomic E-state index is -1.42. The summed E-state index contributed by atoms with van der Waals surface area (Å²) in [4.78, 5) is 79.0. The molecule has 2 fully saturated rings. The number of hydrogen-bond acceptors (Lipinski definition) is 10. The van der Waals surface area contributed by atoms with E-state index in [1.807, 2.05) is 45.0 Å². The fraction of sp³-hybridized carbons (Fsp3) is 0.357. The van der Waals surface area contributed by atoms with Crippen molar-refractivity contribution >= 4 is 51.6 Å². The first kappa shape index (κ1) is 39.0. The van der Waals surface area contributed by atoms with Crippen LogP contribution in [0.15, 0.2) is 83.4 Å². The average Bonchev–Trinajstić information content (AvgIpc) is 3.82. The lowest BCUT2D eigenvalue weighted by Gasteiger charge is -2.35. The molecule has 0 aliphatic carbocycles. The maximum Gasteiger partial charge on any atom is 0.410 e. The Morgan fingerprint density at radius 2 is 1.61 bits per heavy atom. The lowest BCUT2D eigenvalue weighted by atomic mass is 9.99. The Kier molecular flexibility index (Phi) is 11.3. The molecule has 0 radical (unpaired) electrons. The zero-order valence-corrected chi connectivity index (χ0v) is 32.0. The molecule has 4 heterocycles. The molecule has 2 aliphatic rings. The van der Waals surface area contributed by atoms with Crippen molar-refractivity contribution in [3.8, 4) is 11.1 Å². The third kappa shape index (κ3) is 9.10. The van der Waals surface area contributed by atoms with Gasteiger partial charge < -0.3 is 29.6 Å². The number of carbonyl (C=O) groups is 5. The molecule has 2 atom stereocenters. The molecular weight excluding hydrogens is 734 g/mol. The number of fused-ring (bicyclic) bond motifs is 2. The van der Waals surface area contributed by atoms with Crippen molar-refractivity contribution in [3.05, 3.63) is 96.0 Å². The first-order chi connectivity index (χ1) is 27.3. The van der Waals surface area contributed by atoms with Crippen LogP contribution in [0.3, 0.4) is 0 Å². The number of rotatable bonds is 10. The van der Waals surface area contributed by atoms with Crippen LogP contribution < -0.4 is 10.6 Å². The lowest BCUT2D eigenvalue weighted by Crippen LogP contribution is -2.51. The topological polar surface area (TPSA) is 167 Å². The summed E-state index contributed by atoms with van der Waals surface area (Å²) >= 11 is 0. The Labute approximate surface area is 328 Å². The number of para-hydroxylation sites is 2. The Bertz CT molecular complexity index is 2280. The van der Waals surface area contributed by atoms with Crippen molar-refractivity contribution in [3.63, 3.8) is 0 Å². The summed E-state index contributed by atoms with van der Waals surface area (Å²) in [5.74, 6) is -2.16. The molecule has 2 N–H and O–H groups in total. The highest BCUT2D eigenvalue weighted by Gasteiger charge is 2.41. The SMILES string of the molecule is CC(C)(C)OC(=O)N1CCN(CCNC(=O)c2ccc(-c3ccc4nccc(C(=O)NCC(=O)N5CC(F)CC5C(=O)c5nc6ccccc6o5)c4c3)cc2)CC1. The summed E-state index contributed by atoms with van der Waals surface area (Å²) in [5.41, 5.74) is 3.27. The summed E-state index contributed by atoms with van der Waals surface area (Å²) in [6.07, 6.45) is -0.423. The van der Waals surface area contributed by atoms with Gasteiger partial charge in [-0.3, -0.25) is 29.1 Å². The number of benzene rings is 3. The van der Waals surface area contributed by atoms with E-state index in [1.165, 1.54) is 6.20 Å². The van der Waals surface area contributed by atoms with E-state index in [1.54, 1.807) is 53.4 Å². The number of halogens is 1. The van der Waals surface area contributed by atoms with Gasteiger partial charge in [0.15, 0.2) is 5.58 Å². The largest absolute Gasteiger partial charge is 0.444 e. The number of amides is 4. The fourth-order valence-corrected chi connectivity index (χ4v) is 7.03. The van der Waals surface area contributed by atoms with E-state index >= 15 is 0 Å². The van der Waals surface area contributed by atoms with E-state index in [0.29, 0.717) is 66.8 Å². The molecule has 5 aromatic rings. The van der Waals surface area contributed by atoms with Crippen molar-refractivity contribution in [2.45, 2.75) is 45.0 Å². The normalized spacial score (nSPS) is 17.5. The Morgan fingerprint density at radius 1 is 0.877 bits per heavy atom. The van der Waals surface area contributed by atoms with Gasteiger partial charge in [-0.15, -0.1) is 0 Å². The molecule has 57 heavy (non-hydrogen) atoms. The third-order valence-corrected chi connectivity index (χ3v) is 9.98. The van der Waals surface area contributed by atoms with Crippen molar-refractivity contribution in [1.29, 1.82) is 0 Å². The van der Waals surface area contributed by atoms with Crippen molar-refractivity contribution in [2.24, 2.45) is 0 Å². The van der Waals surface area contributed by atoms with Crippen LogP contribution in [-0.4, -0.2) is 124 Å². The predicted molar refractivity (Wildman–Crippen MR) is 209 cm³/mol. The number of aromatic nitrogens is 2.